The van der Waals surface area contributed by atoms with E-state index in [0.717, 1.165) is 22.6 Å². The van der Waals surface area contributed by atoms with Crippen LogP contribution in [0.1, 0.15) is 10.7 Å². The van der Waals surface area contributed by atoms with Crippen molar-refractivity contribution in [3.63, 3.8) is 0 Å². The number of aromatic nitrogens is 2. The van der Waals surface area contributed by atoms with Gasteiger partial charge in [0.1, 0.15) is 17.5 Å². The minimum atomic E-state index is 0.615. The van der Waals surface area contributed by atoms with E-state index in [9.17, 15) is 0 Å². The van der Waals surface area contributed by atoms with Crippen LogP contribution in [0.5, 0.6) is 0 Å². The number of nitrogen functional groups attached to an aromatic ring is 1. The molecule has 2 aromatic heterocycles. The summed E-state index contributed by atoms with van der Waals surface area (Å²) in [6.45, 7) is 2.66. The predicted molar refractivity (Wildman–Crippen MR) is 78.8 cm³/mol. The highest BCUT2D eigenvalue weighted by Gasteiger charge is 2.01. The van der Waals surface area contributed by atoms with Gasteiger partial charge in [-0.05, 0) is 41.4 Å². The highest BCUT2D eigenvalue weighted by atomic mass is 79.9. The molecule has 0 atom stereocenters. The summed E-state index contributed by atoms with van der Waals surface area (Å²) >= 11 is 5.20. The summed E-state index contributed by atoms with van der Waals surface area (Å²) in [7, 11) is 0. The largest absolute Gasteiger partial charge is 0.370 e. The summed E-state index contributed by atoms with van der Waals surface area (Å²) in [5, 5.41) is 3.26. The lowest BCUT2D eigenvalue weighted by atomic mass is 10.3. The first-order valence-electron chi connectivity index (χ1n) is 5.48. The SMILES string of the molecule is Cc1nc(NN)cc(NCCc2ccc(Br)s2)n1. The second kappa shape index (κ2) is 6.12. The van der Waals surface area contributed by atoms with E-state index < -0.39 is 0 Å². The van der Waals surface area contributed by atoms with Crippen molar-refractivity contribution in [3.05, 3.63) is 32.7 Å². The second-order valence-corrected chi connectivity index (χ2v) is 6.26. The maximum atomic E-state index is 5.34. The van der Waals surface area contributed by atoms with Crippen LogP contribution < -0.4 is 16.6 Å². The highest BCUT2D eigenvalue weighted by molar-refractivity contribution is 9.11. The van der Waals surface area contributed by atoms with Crippen LogP contribution in [0.4, 0.5) is 11.6 Å². The number of hydrogen-bond acceptors (Lipinski definition) is 6. The summed E-state index contributed by atoms with van der Waals surface area (Å²) in [6, 6.07) is 5.97. The first-order chi connectivity index (χ1) is 8.67. The molecule has 2 rings (SSSR count). The number of hydrogen-bond donors (Lipinski definition) is 3. The number of aryl methyl sites for hydroxylation is 1. The third kappa shape index (κ3) is 3.66. The predicted octanol–water partition coefficient (Wildman–Crippen LogP) is 2.55. The number of nitrogens with zero attached hydrogens (tertiary/aromatic N) is 2. The quantitative estimate of drug-likeness (QED) is 0.581. The molecule has 18 heavy (non-hydrogen) atoms. The van der Waals surface area contributed by atoms with E-state index in [1.807, 2.05) is 6.92 Å². The molecule has 0 fully saturated rings. The van der Waals surface area contributed by atoms with E-state index in [1.54, 1.807) is 17.4 Å². The Balaban J connectivity index is 1.91. The Bertz CT molecular complexity index is 528. The van der Waals surface area contributed by atoms with E-state index >= 15 is 0 Å². The summed E-state index contributed by atoms with van der Waals surface area (Å²) in [5.74, 6) is 7.42. The van der Waals surface area contributed by atoms with Gasteiger partial charge in [-0.15, -0.1) is 11.3 Å². The lowest BCUT2D eigenvalue weighted by molar-refractivity contribution is 0.991. The number of rotatable bonds is 5. The van der Waals surface area contributed by atoms with Crippen molar-refractivity contribution < 1.29 is 0 Å². The molecule has 0 aliphatic rings. The molecular formula is C11H14BrN5S. The van der Waals surface area contributed by atoms with Crippen LogP contribution in [0.25, 0.3) is 0 Å². The topological polar surface area (TPSA) is 75.9 Å². The minimum absolute atomic E-state index is 0.615. The Morgan fingerprint density at radius 3 is 2.78 bits per heavy atom. The molecule has 0 radical (unpaired) electrons. The molecule has 7 heteroatoms. The van der Waals surface area contributed by atoms with Gasteiger partial charge in [-0.2, -0.15) is 0 Å². The van der Waals surface area contributed by atoms with Gasteiger partial charge in [0.05, 0.1) is 3.79 Å². The lowest BCUT2D eigenvalue weighted by Crippen LogP contribution is -2.12. The summed E-state index contributed by atoms with van der Waals surface area (Å²) in [4.78, 5) is 9.76. The molecule has 0 saturated heterocycles. The van der Waals surface area contributed by atoms with Crippen molar-refractivity contribution in [3.8, 4) is 0 Å². The Morgan fingerprint density at radius 1 is 1.33 bits per heavy atom. The molecule has 2 aromatic rings. The molecule has 5 nitrogen and oxygen atoms in total. The van der Waals surface area contributed by atoms with Crippen LogP contribution >= 0.6 is 27.3 Å². The van der Waals surface area contributed by atoms with Gasteiger partial charge in [-0.25, -0.2) is 15.8 Å². The molecule has 0 bridgehead atoms. The molecule has 2 heterocycles. The summed E-state index contributed by atoms with van der Waals surface area (Å²) in [5.41, 5.74) is 2.52. The van der Waals surface area contributed by atoms with E-state index in [1.165, 1.54) is 4.88 Å². The van der Waals surface area contributed by atoms with Gasteiger partial charge in [0.15, 0.2) is 0 Å². The van der Waals surface area contributed by atoms with Gasteiger partial charge >= 0.3 is 0 Å². The molecule has 96 valence electrons. The van der Waals surface area contributed by atoms with Crippen LogP contribution in [0.2, 0.25) is 0 Å². The number of nitrogens with two attached hydrogens (primary N) is 1. The molecule has 4 N–H and O–H groups in total. The molecule has 0 aliphatic carbocycles. The van der Waals surface area contributed by atoms with E-state index in [4.69, 9.17) is 5.84 Å². The van der Waals surface area contributed by atoms with Crippen LogP contribution in [0.3, 0.4) is 0 Å². The third-order valence-electron chi connectivity index (χ3n) is 2.29. The number of halogens is 1. The molecule has 0 saturated carbocycles. The first-order valence-corrected chi connectivity index (χ1v) is 7.08. The Morgan fingerprint density at radius 2 is 2.11 bits per heavy atom. The Labute approximate surface area is 118 Å². The molecule has 0 aromatic carbocycles. The minimum Gasteiger partial charge on any atom is -0.370 e. The number of anilines is 2. The van der Waals surface area contributed by atoms with Crippen molar-refractivity contribution in [2.24, 2.45) is 5.84 Å². The van der Waals surface area contributed by atoms with Crippen molar-refractivity contribution in [2.75, 3.05) is 17.3 Å². The van der Waals surface area contributed by atoms with Gasteiger partial charge in [0.25, 0.3) is 0 Å². The average Bonchev–Trinajstić information content (AvgIpc) is 2.74. The smallest absolute Gasteiger partial charge is 0.145 e. The van der Waals surface area contributed by atoms with Gasteiger partial charge in [-0.1, -0.05) is 0 Å². The fraction of sp³-hybridized carbons (Fsp3) is 0.273. The monoisotopic (exact) mass is 327 g/mol. The molecule has 0 amide bonds. The summed E-state index contributed by atoms with van der Waals surface area (Å²) in [6.07, 6.45) is 0.963. The maximum Gasteiger partial charge on any atom is 0.145 e. The summed E-state index contributed by atoms with van der Waals surface area (Å²) < 4.78 is 1.16. The van der Waals surface area contributed by atoms with Crippen molar-refractivity contribution in [1.82, 2.24) is 9.97 Å². The molecule has 0 aliphatic heterocycles. The second-order valence-electron chi connectivity index (χ2n) is 3.71. The zero-order valence-electron chi connectivity index (χ0n) is 9.90. The van der Waals surface area contributed by atoms with Crippen molar-refractivity contribution in [1.29, 1.82) is 0 Å². The number of thiophene rings is 1. The first kappa shape index (κ1) is 13.3. The van der Waals surface area contributed by atoms with Crippen molar-refractivity contribution in [2.45, 2.75) is 13.3 Å². The number of nitrogens with one attached hydrogen (secondary N) is 2. The molecule has 0 unspecified atom stereocenters. The fourth-order valence-electron chi connectivity index (χ4n) is 1.53. The molecule has 0 spiro atoms. The lowest BCUT2D eigenvalue weighted by Gasteiger charge is -2.07. The van der Waals surface area contributed by atoms with E-state index in [2.05, 4.69) is 48.8 Å². The maximum absolute atomic E-state index is 5.34. The van der Waals surface area contributed by atoms with Crippen LogP contribution in [-0.2, 0) is 6.42 Å². The zero-order valence-corrected chi connectivity index (χ0v) is 12.3. The van der Waals surface area contributed by atoms with Crippen LogP contribution in [0.15, 0.2) is 22.0 Å². The Kier molecular flexibility index (Phi) is 4.51. The number of hydrazine groups is 1. The fourth-order valence-corrected chi connectivity index (χ4v) is 3.01. The van der Waals surface area contributed by atoms with Crippen LogP contribution in [-0.4, -0.2) is 16.5 Å². The van der Waals surface area contributed by atoms with Crippen LogP contribution in [0, 0.1) is 6.92 Å². The third-order valence-corrected chi connectivity index (χ3v) is 3.98. The standard InChI is InChI=1S/C11H14BrN5S/c1-7-15-10(6-11(16-7)17-13)14-5-4-8-2-3-9(12)18-8/h2-3,6H,4-5,13H2,1H3,(H2,14,15,16,17). The zero-order chi connectivity index (χ0) is 13.0. The van der Waals surface area contributed by atoms with Gasteiger partial charge in [0, 0.05) is 17.5 Å². The van der Waals surface area contributed by atoms with E-state index in [-0.39, 0.29) is 0 Å². The van der Waals surface area contributed by atoms with Gasteiger partial charge in [-0.3, -0.25) is 0 Å². The molecular weight excluding hydrogens is 314 g/mol. The normalized spacial score (nSPS) is 10.4. The Hall–Kier alpha value is -1.18. The highest BCUT2D eigenvalue weighted by Crippen LogP contribution is 2.22. The van der Waals surface area contributed by atoms with Gasteiger partial charge < -0.3 is 10.7 Å². The van der Waals surface area contributed by atoms with Gasteiger partial charge in [0.2, 0.25) is 0 Å². The average molecular weight is 328 g/mol. The van der Waals surface area contributed by atoms with Crippen molar-refractivity contribution >= 4 is 38.9 Å². The van der Waals surface area contributed by atoms with E-state index in [0.29, 0.717) is 11.6 Å².